The molecule has 1 unspecified atom stereocenters. The normalized spacial score (nSPS) is 12.2. The maximum Gasteiger partial charge on any atom is 0.119 e. The summed E-state index contributed by atoms with van der Waals surface area (Å²) in [7, 11) is 1.68. The molecule has 2 rings (SSSR count). The molecule has 0 bridgehead atoms. The lowest BCUT2D eigenvalue weighted by atomic mass is 9.98. The van der Waals surface area contributed by atoms with Gasteiger partial charge in [0.1, 0.15) is 5.75 Å². The first kappa shape index (κ1) is 16.2. The number of nitrogens with one attached hydrogen (secondary N) is 1. The van der Waals surface area contributed by atoms with Crippen LogP contribution in [0.1, 0.15) is 24.1 Å². The quantitative estimate of drug-likeness (QED) is 0.816. The van der Waals surface area contributed by atoms with Gasteiger partial charge in [-0.05, 0) is 42.3 Å². The first-order valence-corrected chi connectivity index (χ1v) is 7.71. The molecule has 0 aromatic heterocycles. The lowest BCUT2D eigenvalue weighted by Crippen LogP contribution is -2.23. The van der Waals surface area contributed by atoms with E-state index in [-0.39, 0.29) is 6.04 Å². The number of likely N-dealkylation sites (N-methyl/N-ethyl adjacent to an activating group) is 1. The molecule has 2 aromatic rings. The molecule has 0 heterocycles. The molecule has 0 aliphatic carbocycles. The van der Waals surface area contributed by atoms with E-state index in [0.29, 0.717) is 10.0 Å². The Morgan fingerprint density at radius 2 is 1.90 bits per heavy atom. The number of ether oxygens (including phenoxy) is 1. The molecule has 1 atom stereocenters. The fourth-order valence-corrected chi connectivity index (χ4v) is 2.80. The van der Waals surface area contributed by atoms with Crippen molar-refractivity contribution in [3.8, 4) is 5.75 Å². The number of benzene rings is 2. The molecule has 21 heavy (non-hydrogen) atoms. The van der Waals surface area contributed by atoms with Gasteiger partial charge in [0, 0.05) is 6.04 Å². The summed E-state index contributed by atoms with van der Waals surface area (Å²) in [6.07, 6.45) is 0.825. The minimum absolute atomic E-state index is 0.119. The zero-order valence-corrected chi connectivity index (χ0v) is 13.7. The Labute approximate surface area is 136 Å². The van der Waals surface area contributed by atoms with Gasteiger partial charge >= 0.3 is 0 Å². The van der Waals surface area contributed by atoms with Crippen LogP contribution in [0.15, 0.2) is 42.5 Å². The van der Waals surface area contributed by atoms with Crippen molar-refractivity contribution in [2.24, 2.45) is 0 Å². The molecule has 2 aromatic carbocycles. The van der Waals surface area contributed by atoms with Crippen molar-refractivity contribution in [3.05, 3.63) is 63.6 Å². The molecule has 2 nitrogen and oxygen atoms in total. The van der Waals surface area contributed by atoms with E-state index in [1.54, 1.807) is 7.11 Å². The van der Waals surface area contributed by atoms with Crippen molar-refractivity contribution >= 4 is 23.2 Å². The van der Waals surface area contributed by atoms with Crippen LogP contribution in [-0.4, -0.2) is 13.7 Å². The Morgan fingerprint density at radius 3 is 2.62 bits per heavy atom. The minimum Gasteiger partial charge on any atom is -0.497 e. The number of hydrogen-bond donors (Lipinski definition) is 1. The van der Waals surface area contributed by atoms with Gasteiger partial charge in [0.2, 0.25) is 0 Å². The lowest BCUT2D eigenvalue weighted by Gasteiger charge is -2.20. The Morgan fingerprint density at radius 1 is 1.14 bits per heavy atom. The van der Waals surface area contributed by atoms with Crippen molar-refractivity contribution in [1.82, 2.24) is 5.32 Å². The van der Waals surface area contributed by atoms with Crippen LogP contribution in [0.3, 0.4) is 0 Å². The fourth-order valence-electron chi connectivity index (χ4n) is 2.36. The second-order valence-electron chi connectivity index (χ2n) is 4.81. The van der Waals surface area contributed by atoms with Crippen LogP contribution >= 0.6 is 23.2 Å². The second kappa shape index (κ2) is 7.69. The lowest BCUT2D eigenvalue weighted by molar-refractivity contribution is 0.414. The van der Waals surface area contributed by atoms with Gasteiger partial charge in [0.25, 0.3) is 0 Å². The van der Waals surface area contributed by atoms with Crippen LogP contribution in [0.4, 0.5) is 0 Å². The van der Waals surface area contributed by atoms with E-state index in [9.17, 15) is 0 Å². The van der Waals surface area contributed by atoms with Gasteiger partial charge in [-0.25, -0.2) is 0 Å². The highest BCUT2D eigenvalue weighted by Crippen LogP contribution is 2.31. The fraction of sp³-hybridized carbons (Fsp3) is 0.294. The predicted octanol–water partition coefficient (Wildman–Crippen LogP) is 4.90. The minimum atomic E-state index is 0.119. The van der Waals surface area contributed by atoms with Gasteiger partial charge in [-0.2, -0.15) is 0 Å². The Balaban J connectivity index is 2.28. The highest BCUT2D eigenvalue weighted by atomic mass is 35.5. The number of halogens is 2. The summed E-state index contributed by atoms with van der Waals surface area (Å²) in [5, 5.41) is 4.67. The molecule has 1 N–H and O–H groups in total. The summed E-state index contributed by atoms with van der Waals surface area (Å²) >= 11 is 12.5. The highest BCUT2D eigenvalue weighted by molar-refractivity contribution is 6.42. The Bertz CT molecular complexity index is 601. The number of hydrogen-bond acceptors (Lipinski definition) is 2. The number of methoxy groups -OCH3 is 1. The Kier molecular flexibility index (Phi) is 5.92. The largest absolute Gasteiger partial charge is 0.497 e. The molecule has 0 saturated carbocycles. The summed E-state index contributed by atoms with van der Waals surface area (Å²) < 4.78 is 5.28. The molecule has 0 amide bonds. The first-order valence-electron chi connectivity index (χ1n) is 6.96. The van der Waals surface area contributed by atoms with E-state index >= 15 is 0 Å². The van der Waals surface area contributed by atoms with E-state index in [1.165, 1.54) is 5.56 Å². The summed E-state index contributed by atoms with van der Waals surface area (Å²) in [4.78, 5) is 0. The molecule has 4 heteroatoms. The van der Waals surface area contributed by atoms with Crippen LogP contribution in [0, 0.1) is 0 Å². The SMILES string of the molecule is CCNC(Cc1cccc(OC)c1)c1cccc(Cl)c1Cl. The molecular weight excluding hydrogens is 305 g/mol. The third kappa shape index (κ3) is 4.13. The van der Waals surface area contributed by atoms with Crippen molar-refractivity contribution in [2.75, 3.05) is 13.7 Å². The standard InChI is InChI=1S/C17H19Cl2NO/c1-3-20-16(14-8-5-9-15(18)17(14)19)11-12-6-4-7-13(10-12)21-2/h4-10,16,20H,3,11H2,1-2H3. The van der Waals surface area contributed by atoms with Crippen molar-refractivity contribution in [2.45, 2.75) is 19.4 Å². The average molecular weight is 324 g/mol. The van der Waals surface area contributed by atoms with Crippen LogP contribution in [0.2, 0.25) is 10.0 Å². The summed E-state index contributed by atoms with van der Waals surface area (Å²) in [5.74, 6) is 0.861. The van der Waals surface area contributed by atoms with Gasteiger partial charge in [0.15, 0.2) is 0 Å². The van der Waals surface area contributed by atoms with Crippen LogP contribution < -0.4 is 10.1 Å². The van der Waals surface area contributed by atoms with Crippen LogP contribution in [-0.2, 0) is 6.42 Å². The van der Waals surface area contributed by atoms with E-state index in [0.717, 1.165) is 24.3 Å². The third-order valence-electron chi connectivity index (χ3n) is 3.38. The zero-order valence-electron chi connectivity index (χ0n) is 12.2. The maximum atomic E-state index is 6.35. The predicted molar refractivity (Wildman–Crippen MR) is 89.6 cm³/mol. The first-order chi connectivity index (χ1) is 10.2. The van der Waals surface area contributed by atoms with Gasteiger partial charge in [-0.3, -0.25) is 0 Å². The molecule has 0 spiro atoms. The van der Waals surface area contributed by atoms with Crippen LogP contribution in [0.25, 0.3) is 0 Å². The monoisotopic (exact) mass is 323 g/mol. The Hall–Kier alpha value is -1.22. The second-order valence-corrected chi connectivity index (χ2v) is 5.59. The topological polar surface area (TPSA) is 21.3 Å². The summed E-state index contributed by atoms with van der Waals surface area (Å²) in [6, 6.07) is 13.9. The molecule has 0 radical (unpaired) electrons. The van der Waals surface area contributed by atoms with E-state index in [2.05, 4.69) is 18.3 Å². The van der Waals surface area contributed by atoms with Crippen molar-refractivity contribution in [1.29, 1.82) is 0 Å². The maximum absolute atomic E-state index is 6.35. The van der Waals surface area contributed by atoms with E-state index in [4.69, 9.17) is 27.9 Å². The molecule has 0 aliphatic rings. The molecule has 0 aliphatic heterocycles. The summed E-state index contributed by atoms with van der Waals surface area (Å²) in [6.45, 7) is 2.94. The van der Waals surface area contributed by atoms with Gasteiger partial charge < -0.3 is 10.1 Å². The third-order valence-corrected chi connectivity index (χ3v) is 4.21. The van der Waals surface area contributed by atoms with E-state index in [1.807, 2.05) is 36.4 Å². The van der Waals surface area contributed by atoms with Crippen LogP contribution in [0.5, 0.6) is 5.75 Å². The van der Waals surface area contributed by atoms with Gasteiger partial charge in [-0.15, -0.1) is 0 Å². The van der Waals surface area contributed by atoms with Gasteiger partial charge in [0.05, 0.1) is 17.2 Å². The molecular formula is C17H19Cl2NO. The zero-order chi connectivity index (χ0) is 15.2. The highest BCUT2D eigenvalue weighted by Gasteiger charge is 2.16. The average Bonchev–Trinajstić information content (AvgIpc) is 2.50. The van der Waals surface area contributed by atoms with Crippen molar-refractivity contribution in [3.63, 3.8) is 0 Å². The molecule has 0 fully saturated rings. The summed E-state index contributed by atoms with van der Waals surface area (Å²) in [5.41, 5.74) is 2.21. The number of rotatable bonds is 6. The molecule has 0 saturated heterocycles. The van der Waals surface area contributed by atoms with Crippen molar-refractivity contribution < 1.29 is 4.74 Å². The smallest absolute Gasteiger partial charge is 0.119 e. The molecule has 112 valence electrons. The van der Waals surface area contributed by atoms with E-state index < -0.39 is 0 Å². The van der Waals surface area contributed by atoms with Gasteiger partial charge in [-0.1, -0.05) is 54.4 Å².